The van der Waals surface area contributed by atoms with E-state index in [1.165, 1.54) is 5.56 Å². The minimum atomic E-state index is -0.131. The average Bonchev–Trinajstić information content (AvgIpc) is 3.09. The van der Waals surface area contributed by atoms with Crippen LogP contribution in [0.5, 0.6) is 0 Å². The summed E-state index contributed by atoms with van der Waals surface area (Å²) < 4.78 is 4.86. The number of rotatable bonds is 5. The number of halogens is 1. The van der Waals surface area contributed by atoms with E-state index in [9.17, 15) is 4.79 Å². The predicted octanol–water partition coefficient (Wildman–Crippen LogP) is 2.14. The Morgan fingerprint density at radius 2 is 2.17 bits per heavy atom. The highest BCUT2D eigenvalue weighted by molar-refractivity contribution is 6.30. The molecule has 2 N–H and O–H groups in total. The molecule has 1 saturated carbocycles. The standard InChI is InChI=1S/C13H17ClN2O2/c1-18-7-6-15-13(17)16-12-8-11(12)9-2-4-10(14)5-3-9/h2-5,11-12H,6-8H2,1H3,(H2,15,16,17)/t11-,12+/m0/s1. The molecule has 0 heterocycles. The molecular weight excluding hydrogens is 252 g/mol. The largest absolute Gasteiger partial charge is 0.383 e. The van der Waals surface area contributed by atoms with Gasteiger partial charge >= 0.3 is 6.03 Å². The van der Waals surface area contributed by atoms with Crippen molar-refractivity contribution in [1.29, 1.82) is 0 Å². The first-order valence-corrected chi connectivity index (χ1v) is 6.37. The summed E-state index contributed by atoms with van der Waals surface area (Å²) in [6.07, 6.45) is 0.985. The molecule has 98 valence electrons. The van der Waals surface area contributed by atoms with Gasteiger partial charge in [-0.05, 0) is 24.1 Å². The summed E-state index contributed by atoms with van der Waals surface area (Å²) in [7, 11) is 1.61. The smallest absolute Gasteiger partial charge is 0.315 e. The second-order valence-electron chi connectivity index (χ2n) is 4.39. The number of benzene rings is 1. The van der Waals surface area contributed by atoms with Crippen molar-refractivity contribution in [1.82, 2.24) is 10.6 Å². The number of nitrogens with one attached hydrogen (secondary N) is 2. The number of amides is 2. The highest BCUT2D eigenvalue weighted by Gasteiger charge is 2.39. The lowest BCUT2D eigenvalue weighted by Gasteiger charge is -2.06. The van der Waals surface area contributed by atoms with Crippen molar-refractivity contribution >= 4 is 17.6 Å². The molecule has 0 spiro atoms. The number of carbonyl (C=O) groups excluding carboxylic acids is 1. The fraction of sp³-hybridized carbons (Fsp3) is 0.462. The Kier molecular flexibility index (Phi) is 4.44. The lowest BCUT2D eigenvalue weighted by atomic mass is 10.1. The van der Waals surface area contributed by atoms with E-state index < -0.39 is 0 Å². The summed E-state index contributed by atoms with van der Waals surface area (Å²) in [4.78, 5) is 11.5. The Hall–Kier alpha value is -1.26. The molecule has 0 aliphatic heterocycles. The van der Waals surface area contributed by atoms with Crippen molar-refractivity contribution in [2.75, 3.05) is 20.3 Å². The van der Waals surface area contributed by atoms with Crippen LogP contribution in [0, 0.1) is 0 Å². The SMILES string of the molecule is COCCNC(=O)N[C@@H]1C[C@H]1c1ccc(Cl)cc1. The number of methoxy groups -OCH3 is 1. The molecule has 4 nitrogen and oxygen atoms in total. The van der Waals surface area contributed by atoms with Gasteiger partial charge in [0.15, 0.2) is 0 Å². The summed E-state index contributed by atoms with van der Waals surface area (Å²) in [5.41, 5.74) is 1.22. The van der Waals surface area contributed by atoms with Gasteiger partial charge < -0.3 is 15.4 Å². The molecule has 1 aliphatic carbocycles. The maximum Gasteiger partial charge on any atom is 0.315 e. The molecule has 2 amide bonds. The van der Waals surface area contributed by atoms with E-state index in [1.54, 1.807) is 7.11 Å². The molecular formula is C13H17ClN2O2. The summed E-state index contributed by atoms with van der Waals surface area (Å²) in [6, 6.07) is 7.88. The molecule has 1 aromatic carbocycles. The van der Waals surface area contributed by atoms with E-state index in [1.807, 2.05) is 24.3 Å². The van der Waals surface area contributed by atoms with E-state index in [4.69, 9.17) is 16.3 Å². The molecule has 2 atom stereocenters. The molecule has 5 heteroatoms. The summed E-state index contributed by atoms with van der Waals surface area (Å²) >= 11 is 5.84. The molecule has 0 radical (unpaired) electrons. The van der Waals surface area contributed by atoms with Crippen LogP contribution < -0.4 is 10.6 Å². The van der Waals surface area contributed by atoms with Crippen LogP contribution in [0.4, 0.5) is 4.79 Å². The minimum Gasteiger partial charge on any atom is -0.383 e. The summed E-state index contributed by atoms with van der Waals surface area (Å²) in [5, 5.41) is 6.41. The maximum atomic E-state index is 11.5. The normalized spacial score (nSPS) is 21.4. The van der Waals surface area contributed by atoms with Crippen molar-refractivity contribution in [2.24, 2.45) is 0 Å². The Morgan fingerprint density at radius 1 is 1.44 bits per heavy atom. The monoisotopic (exact) mass is 268 g/mol. The van der Waals surface area contributed by atoms with E-state index in [-0.39, 0.29) is 12.1 Å². The third kappa shape index (κ3) is 3.62. The van der Waals surface area contributed by atoms with Gasteiger partial charge in [-0.2, -0.15) is 0 Å². The second-order valence-corrected chi connectivity index (χ2v) is 4.83. The van der Waals surface area contributed by atoms with Crippen LogP contribution in [0.3, 0.4) is 0 Å². The molecule has 0 saturated heterocycles. The van der Waals surface area contributed by atoms with Gasteiger partial charge in [0.2, 0.25) is 0 Å². The highest BCUT2D eigenvalue weighted by atomic mass is 35.5. The van der Waals surface area contributed by atoms with Crippen LogP contribution in [-0.4, -0.2) is 32.3 Å². The zero-order valence-corrected chi connectivity index (χ0v) is 11.0. The van der Waals surface area contributed by atoms with Crippen LogP contribution in [0.15, 0.2) is 24.3 Å². The van der Waals surface area contributed by atoms with Crippen molar-refractivity contribution in [2.45, 2.75) is 18.4 Å². The Balaban J connectivity index is 1.74. The Morgan fingerprint density at radius 3 is 2.83 bits per heavy atom. The number of carbonyl (C=O) groups is 1. The van der Waals surface area contributed by atoms with E-state index in [0.29, 0.717) is 19.1 Å². The van der Waals surface area contributed by atoms with Crippen LogP contribution >= 0.6 is 11.6 Å². The third-order valence-electron chi connectivity index (χ3n) is 3.00. The number of hydrogen-bond acceptors (Lipinski definition) is 2. The first kappa shape index (κ1) is 13.2. The second kappa shape index (κ2) is 6.07. The van der Waals surface area contributed by atoms with E-state index >= 15 is 0 Å². The molecule has 0 unspecified atom stereocenters. The zero-order chi connectivity index (χ0) is 13.0. The van der Waals surface area contributed by atoms with Gasteiger partial charge in [-0.1, -0.05) is 23.7 Å². The van der Waals surface area contributed by atoms with Crippen LogP contribution in [-0.2, 0) is 4.74 Å². The van der Waals surface area contributed by atoms with Crippen molar-refractivity contribution in [3.05, 3.63) is 34.9 Å². The number of hydrogen-bond donors (Lipinski definition) is 2. The first-order chi connectivity index (χ1) is 8.70. The van der Waals surface area contributed by atoms with Gasteiger partial charge in [-0.15, -0.1) is 0 Å². The quantitative estimate of drug-likeness (QED) is 0.804. The van der Waals surface area contributed by atoms with Gasteiger partial charge in [0.05, 0.1) is 6.61 Å². The van der Waals surface area contributed by atoms with Gasteiger partial charge in [-0.3, -0.25) is 0 Å². The molecule has 1 aromatic rings. The number of ether oxygens (including phenoxy) is 1. The third-order valence-corrected chi connectivity index (χ3v) is 3.25. The lowest BCUT2D eigenvalue weighted by molar-refractivity contribution is 0.195. The topological polar surface area (TPSA) is 50.4 Å². The summed E-state index contributed by atoms with van der Waals surface area (Å²) in [5.74, 6) is 0.412. The van der Waals surface area contributed by atoms with E-state index in [2.05, 4.69) is 10.6 Å². The van der Waals surface area contributed by atoms with Gasteiger partial charge in [0.1, 0.15) is 0 Å². The van der Waals surface area contributed by atoms with Gasteiger partial charge in [-0.25, -0.2) is 4.79 Å². The maximum absolute atomic E-state index is 11.5. The zero-order valence-electron chi connectivity index (χ0n) is 10.3. The summed E-state index contributed by atoms with van der Waals surface area (Å²) in [6.45, 7) is 1.05. The first-order valence-electron chi connectivity index (χ1n) is 5.99. The lowest BCUT2D eigenvalue weighted by Crippen LogP contribution is -2.38. The van der Waals surface area contributed by atoms with E-state index in [0.717, 1.165) is 11.4 Å². The predicted molar refractivity (Wildman–Crippen MR) is 71.0 cm³/mol. The Bertz CT molecular complexity index is 408. The molecule has 1 aliphatic rings. The van der Waals surface area contributed by atoms with Crippen molar-refractivity contribution in [3.63, 3.8) is 0 Å². The molecule has 1 fully saturated rings. The highest BCUT2D eigenvalue weighted by Crippen LogP contribution is 2.40. The minimum absolute atomic E-state index is 0.131. The van der Waals surface area contributed by atoms with Crippen LogP contribution in [0.1, 0.15) is 17.9 Å². The molecule has 0 aromatic heterocycles. The van der Waals surface area contributed by atoms with Crippen LogP contribution in [0.2, 0.25) is 5.02 Å². The fourth-order valence-corrected chi connectivity index (χ4v) is 2.04. The fourth-order valence-electron chi connectivity index (χ4n) is 1.92. The number of urea groups is 1. The average molecular weight is 269 g/mol. The Labute approximate surface area is 112 Å². The van der Waals surface area contributed by atoms with Gasteiger partial charge in [0.25, 0.3) is 0 Å². The van der Waals surface area contributed by atoms with Gasteiger partial charge in [0, 0.05) is 30.6 Å². The van der Waals surface area contributed by atoms with Crippen molar-refractivity contribution < 1.29 is 9.53 Å². The molecule has 2 rings (SSSR count). The van der Waals surface area contributed by atoms with Crippen molar-refractivity contribution in [3.8, 4) is 0 Å². The molecule has 0 bridgehead atoms. The van der Waals surface area contributed by atoms with Crippen LogP contribution in [0.25, 0.3) is 0 Å². The molecule has 18 heavy (non-hydrogen) atoms.